The van der Waals surface area contributed by atoms with Gasteiger partial charge in [0.1, 0.15) is 24.1 Å². The van der Waals surface area contributed by atoms with Crippen molar-refractivity contribution < 1.29 is 19.4 Å². The monoisotopic (exact) mass is 501 g/mol. The summed E-state index contributed by atoms with van der Waals surface area (Å²) >= 11 is 0. The van der Waals surface area contributed by atoms with Crippen molar-refractivity contribution in [2.45, 2.75) is 25.8 Å². The first-order chi connectivity index (χ1) is 17.9. The molecule has 0 bridgehead atoms. The molecule has 0 spiro atoms. The molecule has 8 heteroatoms. The molecule has 0 saturated carbocycles. The van der Waals surface area contributed by atoms with Gasteiger partial charge >= 0.3 is 5.69 Å². The zero-order valence-corrected chi connectivity index (χ0v) is 21.1. The lowest BCUT2D eigenvalue weighted by Crippen LogP contribution is -2.35. The average Bonchev–Trinajstić information content (AvgIpc) is 3.20. The number of rotatable bonds is 10. The number of anilines is 1. The first-order valence-corrected chi connectivity index (χ1v) is 12.1. The summed E-state index contributed by atoms with van der Waals surface area (Å²) < 4.78 is 11.7. The minimum atomic E-state index is -1.02. The fourth-order valence-electron chi connectivity index (χ4n) is 4.22. The zero-order valence-electron chi connectivity index (χ0n) is 21.1. The summed E-state index contributed by atoms with van der Waals surface area (Å²) in [6, 6.07) is 22.8. The molecular weight excluding hydrogens is 470 g/mol. The first kappa shape index (κ1) is 25.8. The summed E-state index contributed by atoms with van der Waals surface area (Å²) in [5.41, 5.74) is 2.75. The van der Waals surface area contributed by atoms with Gasteiger partial charge in [-0.05, 0) is 48.9 Å². The van der Waals surface area contributed by atoms with E-state index < -0.39 is 23.6 Å². The van der Waals surface area contributed by atoms with Crippen LogP contribution >= 0.6 is 0 Å². The molecule has 4 aromatic rings. The number of carbonyl (C=O) groups is 1. The van der Waals surface area contributed by atoms with E-state index >= 15 is 0 Å². The van der Waals surface area contributed by atoms with Crippen LogP contribution in [0, 0.1) is 6.92 Å². The van der Waals surface area contributed by atoms with Crippen molar-refractivity contribution in [3.8, 4) is 22.9 Å². The van der Waals surface area contributed by atoms with Gasteiger partial charge in [-0.3, -0.25) is 4.79 Å². The maximum Gasteiger partial charge on any atom is 0.329 e. The van der Waals surface area contributed by atoms with Gasteiger partial charge in [0.2, 0.25) is 11.8 Å². The van der Waals surface area contributed by atoms with E-state index in [1.54, 1.807) is 43.5 Å². The number of H-pyrrole nitrogens is 1. The van der Waals surface area contributed by atoms with Gasteiger partial charge in [0.15, 0.2) is 0 Å². The standard InChI is InChI=1S/C29H31N3O5/c1-19-9-13-23(14-10-19)30-27(33)26(20(2)21-7-5-4-6-8-21)32-28(34)25(31-29(32)35)22-11-15-24(16-12-22)37-18-17-36-3/h4-16,20,26,34H,17-18H2,1-3H3,(H,30,33)(H,31,35)/t20-,26-/m0/s1. The summed E-state index contributed by atoms with van der Waals surface area (Å²) in [6.45, 7) is 4.69. The molecule has 0 aliphatic heterocycles. The van der Waals surface area contributed by atoms with Gasteiger partial charge in [-0.25, -0.2) is 9.36 Å². The lowest BCUT2D eigenvalue weighted by molar-refractivity contribution is -0.120. The Kier molecular flexibility index (Phi) is 8.10. The molecule has 4 rings (SSSR count). The number of nitrogens with one attached hydrogen (secondary N) is 2. The molecule has 0 aliphatic carbocycles. The van der Waals surface area contributed by atoms with Crippen molar-refractivity contribution in [2.75, 3.05) is 25.6 Å². The van der Waals surface area contributed by atoms with Gasteiger partial charge in [-0.1, -0.05) is 55.0 Å². The van der Waals surface area contributed by atoms with Crippen LogP contribution in [-0.2, 0) is 9.53 Å². The van der Waals surface area contributed by atoms with Crippen LogP contribution in [0.1, 0.15) is 30.0 Å². The van der Waals surface area contributed by atoms with Crippen molar-refractivity contribution in [1.82, 2.24) is 9.55 Å². The molecule has 1 amide bonds. The van der Waals surface area contributed by atoms with Crippen LogP contribution < -0.4 is 15.7 Å². The summed E-state index contributed by atoms with van der Waals surface area (Å²) in [7, 11) is 1.60. The Labute approximate surface area is 215 Å². The molecule has 2 atom stereocenters. The Morgan fingerprint density at radius 2 is 1.68 bits per heavy atom. The molecule has 1 heterocycles. The van der Waals surface area contributed by atoms with Gasteiger partial charge in [-0.15, -0.1) is 0 Å². The third-order valence-electron chi connectivity index (χ3n) is 6.27. The molecule has 0 aliphatic rings. The normalized spacial score (nSPS) is 12.6. The Bertz CT molecular complexity index is 1380. The number of carbonyl (C=O) groups excluding carboxylic acids is 1. The quantitative estimate of drug-likeness (QED) is 0.269. The third kappa shape index (κ3) is 5.92. The first-order valence-electron chi connectivity index (χ1n) is 12.1. The highest BCUT2D eigenvalue weighted by molar-refractivity contribution is 5.94. The summed E-state index contributed by atoms with van der Waals surface area (Å²) in [6.07, 6.45) is 0. The Morgan fingerprint density at radius 1 is 1.00 bits per heavy atom. The number of aromatic amines is 1. The van der Waals surface area contributed by atoms with E-state index in [4.69, 9.17) is 9.47 Å². The van der Waals surface area contributed by atoms with Crippen LogP contribution in [0.4, 0.5) is 5.69 Å². The van der Waals surface area contributed by atoms with Crippen molar-refractivity contribution in [2.24, 2.45) is 0 Å². The number of aryl methyl sites for hydroxylation is 1. The highest BCUT2D eigenvalue weighted by Crippen LogP contribution is 2.35. The molecule has 8 nitrogen and oxygen atoms in total. The van der Waals surface area contributed by atoms with E-state index in [2.05, 4.69) is 10.3 Å². The number of nitrogens with zero attached hydrogens (tertiary/aromatic N) is 1. The van der Waals surface area contributed by atoms with Gasteiger partial charge in [0, 0.05) is 24.3 Å². The fraction of sp³-hybridized carbons (Fsp3) is 0.241. The largest absolute Gasteiger partial charge is 0.493 e. The summed E-state index contributed by atoms with van der Waals surface area (Å²) in [5, 5.41) is 14.1. The maximum atomic E-state index is 13.6. The molecule has 1 aromatic heterocycles. The second-order valence-electron chi connectivity index (χ2n) is 8.86. The van der Waals surface area contributed by atoms with Crippen LogP contribution in [0.2, 0.25) is 0 Å². The van der Waals surface area contributed by atoms with Crippen LogP contribution in [0.5, 0.6) is 11.6 Å². The van der Waals surface area contributed by atoms with E-state index in [-0.39, 0.29) is 11.6 Å². The molecule has 3 N–H and O–H groups in total. The van der Waals surface area contributed by atoms with E-state index in [1.165, 1.54) is 0 Å². The number of ether oxygens (including phenoxy) is 2. The van der Waals surface area contributed by atoms with Crippen LogP contribution in [0.3, 0.4) is 0 Å². The van der Waals surface area contributed by atoms with Gasteiger partial charge in [-0.2, -0.15) is 0 Å². The summed E-state index contributed by atoms with van der Waals surface area (Å²) in [5.74, 6) is -0.513. The lowest BCUT2D eigenvalue weighted by atomic mass is 9.92. The Balaban J connectivity index is 1.70. The van der Waals surface area contributed by atoms with E-state index in [1.807, 2.05) is 56.3 Å². The number of methoxy groups -OCH3 is 1. The lowest BCUT2D eigenvalue weighted by Gasteiger charge is -2.25. The molecule has 0 fully saturated rings. The minimum Gasteiger partial charge on any atom is -0.493 e. The number of hydrogen-bond acceptors (Lipinski definition) is 5. The number of aromatic nitrogens is 2. The fourth-order valence-corrected chi connectivity index (χ4v) is 4.22. The summed E-state index contributed by atoms with van der Waals surface area (Å²) in [4.78, 5) is 29.5. The predicted octanol–water partition coefficient (Wildman–Crippen LogP) is 4.87. The third-order valence-corrected chi connectivity index (χ3v) is 6.27. The molecular formula is C29H31N3O5. The number of aromatic hydroxyl groups is 1. The SMILES string of the molecule is COCCOc1ccc(-c2[nH]c(=O)n([C@H](C(=O)Nc3ccc(C)cc3)[C@@H](C)c3ccccc3)c2O)cc1. The van der Waals surface area contributed by atoms with E-state index in [0.717, 1.165) is 15.7 Å². The smallest absolute Gasteiger partial charge is 0.329 e. The average molecular weight is 502 g/mol. The highest BCUT2D eigenvalue weighted by Gasteiger charge is 2.33. The predicted molar refractivity (Wildman–Crippen MR) is 143 cm³/mol. The molecule has 3 aromatic carbocycles. The van der Waals surface area contributed by atoms with Crippen LogP contribution in [0.25, 0.3) is 11.3 Å². The number of imidazole rings is 1. The van der Waals surface area contributed by atoms with Crippen molar-refractivity contribution in [3.05, 3.63) is 100 Å². The van der Waals surface area contributed by atoms with Crippen LogP contribution in [0.15, 0.2) is 83.7 Å². The number of amides is 1. The number of hydrogen-bond donors (Lipinski definition) is 3. The van der Waals surface area contributed by atoms with Crippen molar-refractivity contribution in [1.29, 1.82) is 0 Å². The minimum absolute atomic E-state index is 0.224. The number of benzene rings is 3. The van der Waals surface area contributed by atoms with Crippen LogP contribution in [-0.4, -0.2) is 40.9 Å². The van der Waals surface area contributed by atoms with Gasteiger partial charge in [0.05, 0.1) is 6.61 Å². The van der Waals surface area contributed by atoms with Gasteiger partial charge in [0.25, 0.3) is 0 Å². The molecule has 0 saturated heterocycles. The van der Waals surface area contributed by atoms with E-state index in [0.29, 0.717) is 30.2 Å². The van der Waals surface area contributed by atoms with Gasteiger partial charge < -0.3 is 24.9 Å². The molecule has 0 unspecified atom stereocenters. The molecule has 0 radical (unpaired) electrons. The van der Waals surface area contributed by atoms with E-state index in [9.17, 15) is 14.7 Å². The maximum absolute atomic E-state index is 13.6. The van der Waals surface area contributed by atoms with Crippen molar-refractivity contribution in [3.63, 3.8) is 0 Å². The Hall–Kier alpha value is -4.30. The molecule has 192 valence electrons. The molecule has 37 heavy (non-hydrogen) atoms. The highest BCUT2D eigenvalue weighted by atomic mass is 16.5. The second-order valence-corrected chi connectivity index (χ2v) is 8.86. The Morgan fingerprint density at radius 3 is 2.32 bits per heavy atom. The zero-order chi connectivity index (χ0) is 26.4. The second kappa shape index (κ2) is 11.6. The van der Waals surface area contributed by atoms with Crippen molar-refractivity contribution >= 4 is 11.6 Å². The topological polar surface area (TPSA) is 106 Å².